The zero-order valence-corrected chi connectivity index (χ0v) is 9.50. The number of nitrogens with zero attached hydrogens (tertiary/aromatic N) is 1. The van der Waals surface area contributed by atoms with Crippen molar-refractivity contribution in [2.45, 2.75) is 0 Å². The predicted molar refractivity (Wildman–Crippen MR) is 59.3 cm³/mol. The van der Waals surface area contributed by atoms with E-state index >= 15 is 0 Å². The van der Waals surface area contributed by atoms with Crippen LogP contribution in [0.5, 0.6) is 0 Å². The standard InChI is InChI=1S/C9H3BrClNS/c10-7-3-1-2-5-6(4-12)9(11)13-8(5)7/h1-3H. The number of nitriles is 1. The SMILES string of the molecule is N#Cc1c(Cl)sc2c(Br)cccc12. The third kappa shape index (κ3) is 1.35. The average Bonchev–Trinajstić information content (AvgIpc) is 2.43. The van der Waals surface area contributed by atoms with Crippen LogP contribution in [0, 0.1) is 11.3 Å². The molecule has 0 aliphatic heterocycles. The smallest absolute Gasteiger partial charge is 0.112 e. The van der Waals surface area contributed by atoms with E-state index in [2.05, 4.69) is 22.0 Å². The summed E-state index contributed by atoms with van der Waals surface area (Å²) in [7, 11) is 0. The highest BCUT2D eigenvalue weighted by molar-refractivity contribution is 9.10. The molecule has 0 saturated carbocycles. The lowest BCUT2D eigenvalue weighted by Gasteiger charge is -1.91. The quantitative estimate of drug-likeness (QED) is 0.705. The van der Waals surface area contributed by atoms with Crippen LogP contribution in [0.3, 0.4) is 0 Å². The summed E-state index contributed by atoms with van der Waals surface area (Å²) >= 11 is 10.8. The molecule has 0 bridgehead atoms. The molecule has 0 saturated heterocycles. The molecule has 1 heterocycles. The van der Waals surface area contributed by atoms with E-state index in [0.717, 1.165) is 14.6 Å². The van der Waals surface area contributed by atoms with Gasteiger partial charge in [-0.2, -0.15) is 5.26 Å². The molecular formula is C9H3BrClNS. The van der Waals surface area contributed by atoms with Gasteiger partial charge in [0, 0.05) is 9.86 Å². The molecular weight excluding hydrogens is 270 g/mol. The van der Waals surface area contributed by atoms with E-state index in [1.807, 2.05) is 18.2 Å². The molecule has 2 aromatic rings. The number of halogens is 2. The van der Waals surface area contributed by atoms with E-state index < -0.39 is 0 Å². The van der Waals surface area contributed by atoms with Gasteiger partial charge in [-0.3, -0.25) is 0 Å². The van der Waals surface area contributed by atoms with Crippen molar-refractivity contribution in [1.82, 2.24) is 0 Å². The van der Waals surface area contributed by atoms with E-state index in [4.69, 9.17) is 16.9 Å². The fourth-order valence-electron chi connectivity index (χ4n) is 1.16. The second kappa shape index (κ2) is 3.30. The van der Waals surface area contributed by atoms with Crippen molar-refractivity contribution in [1.29, 1.82) is 5.26 Å². The van der Waals surface area contributed by atoms with Crippen LogP contribution >= 0.6 is 38.9 Å². The van der Waals surface area contributed by atoms with Crippen molar-refractivity contribution in [3.05, 3.63) is 32.6 Å². The highest BCUT2D eigenvalue weighted by Gasteiger charge is 2.11. The molecule has 1 aromatic heterocycles. The van der Waals surface area contributed by atoms with Gasteiger partial charge in [0.25, 0.3) is 0 Å². The average molecular weight is 273 g/mol. The summed E-state index contributed by atoms with van der Waals surface area (Å²) < 4.78 is 2.58. The maximum absolute atomic E-state index is 8.85. The van der Waals surface area contributed by atoms with Gasteiger partial charge in [-0.1, -0.05) is 23.7 Å². The summed E-state index contributed by atoms with van der Waals surface area (Å²) in [5.41, 5.74) is 0.572. The predicted octanol–water partition coefficient (Wildman–Crippen LogP) is 4.19. The van der Waals surface area contributed by atoms with Gasteiger partial charge in [-0.15, -0.1) is 11.3 Å². The molecule has 64 valence electrons. The van der Waals surface area contributed by atoms with Crippen LogP contribution in [-0.2, 0) is 0 Å². The fraction of sp³-hybridized carbons (Fsp3) is 0. The Bertz CT molecular complexity index is 512. The summed E-state index contributed by atoms with van der Waals surface area (Å²) in [5.74, 6) is 0. The van der Waals surface area contributed by atoms with E-state index in [1.165, 1.54) is 11.3 Å². The minimum atomic E-state index is 0.560. The van der Waals surface area contributed by atoms with Crippen molar-refractivity contribution in [3.8, 4) is 6.07 Å². The monoisotopic (exact) mass is 271 g/mol. The number of hydrogen-bond donors (Lipinski definition) is 0. The van der Waals surface area contributed by atoms with Crippen molar-refractivity contribution < 1.29 is 0 Å². The normalized spacial score (nSPS) is 10.2. The van der Waals surface area contributed by atoms with Gasteiger partial charge in [-0.25, -0.2) is 0 Å². The lowest BCUT2D eigenvalue weighted by atomic mass is 10.2. The van der Waals surface area contributed by atoms with E-state index in [-0.39, 0.29) is 0 Å². The zero-order chi connectivity index (χ0) is 9.42. The Morgan fingerprint density at radius 1 is 1.46 bits per heavy atom. The van der Waals surface area contributed by atoms with Gasteiger partial charge in [0.05, 0.1) is 10.3 Å². The third-order valence-electron chi connectivity index (χ3n) is 1.74. The first-order valence-corrected chi connectivity index (χ1v) is 5.49. The number of benzene rings is 1. The molecule has 0 atom stereocenters. The molecule has 0 unspecified atom stereocenters. The fourth-order valence-corrected chi connectivity index (χ4v) is 3.03. The molecule has 0 radical (unpaired) electrons. The first kappa shape index (κ1) is 9.01. The van der Waals surface area contributed by atoms with Crippen molar-refractivity contribution >= 4 is 49.0 Å². The summed E-state index contributed by atoms with van der Waals surface area (Å²) in [4.78, 5) is 0. The largest absolute Gasteiger partial charge is 0.192 e. The minimum absolute atomic E-state index is 0.560. The molecule has 0 fully saturated rings. The number of rotatable bonds is 0. The Kier molecular flexibility index (Phi) is 2.29. The molecule has 0 aliphatic carbocycles. The summed E-state index contributed by atoms with van der Waals surface area (Å²) in [6.45, 7) is 0. The van der Waals surface area contributed by atoms with Gasteiger partial charge >= 0.3 is 0 Å². The summed E-state index contributed by atoms with van der Waals surface area (Å²) in [6.07, 6.45) is 0. The third-order valence-corrected chi connectivity index (χ3v) is 4.11. The van der Waals surface area contributed by atoms with E-state index in [9.17, 15) is 0 Å². The Morgan fingerprint density at radius 2 is 2.23 bits per heavy atom. The first-order chi connectivity index (χ1) is 6.24. The minimum Gasteiger partial charge on any atom is -0.192 e. The number of hydrogen-bond acceptors (Lipinski definition) is 2. The van der Waals surface area contributed by atoms with Gasteiger partial charge in [0.1, 0.15) is 10.4 Å². The molecule has 0 amide bonds. The maximum Gasteiger partial charge on any atom is 0.112 e. The Labute approximate surface area is 92.7 Å². The molecule has 2 rings (SSSR count). The van der Waals surface area contributed by atoms with E-state index in [1.54, 1.807) is 0 Å². The second-order valence-electron chi connectivity index (χ2n) is 2.48. The van der Waals surface area contributed by atoms with Crippen molar-refractivity contribution in [2.75, 3.05) is 0 Å². The first-order valence-electron chi connectivity index (χ1n) is 3.50. The van der Waals surface area contributed by atoms with Crippen LogP contribution in [0.4, 0.5) is 0 Å². The highest BCUT2D eigenvalue weighted by atomic mass is 79.9. The van der Waals surface area contributed by atoms with Crippen LogP contribution in [0.2, 0.25) is 4.34 Å². The van der Waals surface area contributed by atoms with Crippen molar-refractivity contribution in [2.24, 2.45) is 0 Å². The maximum atomic E-state index is 8.85. The van der Waals surface area contributed by atoms with E-state index in [0.29, 0.717) is 9.90 Å². The van der Waals surface area contributed by atoms with Crippen LogP contribution < -0.4 is 0 Å². The molecule has 1 aromatic carbocycles. The molecule has 4 heteroatoms. The van der Waals surface area contributed by atoms with Gasteiger partial charge in [0.15, 0.2) is 0 Å². The second-order valence-corrected chi connectivity index (χ2v) is 4.96. The van der Waals surface area contributed by atoms with Gasteiger partial charge < -0.3 is 0 Å². The van der Waals surface area contributed by atoms with Gasteiger partial charge in [-0.05, 0) is 22.0 Å². The van der Waals surface area contributed by atoms with Crippen LogP contribution in [0.1, 0.15) is 5.56 Å². The molecule has 1 nitrogen and oxygen atoms in total. The molecule has 0 N–H and O–H groups in total. The highest BCUT2D eigenvalue weighted by Crippen LogP contribution is 2.38. The number of fused-ring (bicyclic) bond motifs is 1. The number of thiophene rings is 1. The summed E-state index contributed by atoms with van der Waals surface area (Å²) in [5, 5.41) is 9.78. The molecule has 0 aliphatic rings. The lowest BCUT2D eigenvalue weighted by Crippen LogP contribution is -1.70. The lowest BCUT2D eigenvalue weighted by molar-refractivity contribution is 1.52. The van der Waals surface area contributed by atoms with Crippen LogP contribution in [0.25, 0.3) is 10.1 Å². The zero-order valence-electron chi connectivity index (χ0n) is 6.34. The Morgan fingerprint density at radius 3 is 2.92 bits per heavy atom. The Hall–Kier alpha value is -0.560. The van der Waals surface area contributed by atoms with Crippen molar-refractivity contribution in [3.63, 3.8) is 0 Å². The topological polar surface area (TPSA) is 23.8 Å². The molecule has 0 spiro atoms. The van der Waals surface area contributed by atoms with Crippen LogP contribution in [-0.4, -0.2) is 0 Å². The Balaban J connectivity index is 2.96. The van der Waals surface area contributed by atoms with Crippen LogP contribution in [0.15, 0.2) is 22.7 Å². The summed E-state index contributed by atoms with van der Waals surface area (Å²) in [6, 6.07) is 7.85. The van der Waals surface area contributed by atoms with Gasteiger partial charge in [0.2, 0.25) is 0 Å². The molecule has 13 heavy (non-hydrogen) atoms.